The van der Waals surface area contributed by atoms with Gasteiger partial charge in [0.05, 0.1) is 6.26 Å². The van der Waals surface area contributed by atoms with Crippen molar-refractivity contribution in [3.63, 3.8) is 0 Å². The molecule has 0 saturated carbocycles. The highest BCUT2D eigenvalue weighted by molar-refractivity contribution is 4.60. The van der Waals surface area contributed by atoms with Crippen molar-refractivity contribution in [1.82, 2.24) is 0 Å². The third-order valence-corrected chi connectivity index (χ3v) is 1.18. The fourth-order valence-electron chi connectivity index (χ4n) is 0.375. The van der Waals surface area contributed by atoms with Crippen LogP contribution >= 0.6 is 0 Å². The Morgan fingerprint density at radius 1 is 1.78 bits per heavy atom. The van der Waals surface area contributed by atoms with E-state index in [0.717, 1.165) is 0 Å². The van der Waals surface area contributed by atoms with Crippen molar-refractivity contribution >= 4 is 0 Å². The first kappa shape index (κ1) is 8.50. The maximum absolute atomic E-state index is 8.98. The Kier molecular flexibility index (Phi) is 4.14. The van der Waals surface area contributed by atoms with Crippen LogP contribution in [0.15, 0.2) is 12.8 Å². The second kappa shape index (κ2) is 4.39. The van der Waals surface area contributed by atoms with Gasteiger partial charge in [0.2, 0.25) is 0 Å². The number of aliphatic hydroxyl groups is 1. The molecule has 0 rings (SSSR count). The van der Waals surface area contributed by atoms with Crippen LogP contribution in [-0.2, 0) is 4.74 Å². The van der Waals surface area contributed by atoms with E-state index in [2.05, 4.69) is 18.2 Å². The van der Waals surface area contributed by atoms with Gasteiger partial charge in [-0.2, -0.15) is 0 Å². The quantitative estimate of drug-likeness (QED) is 0.458. The number of hydrogen-bond acceptors (Lipinski definition) is 2. The molecule has 2 unspecified atom stereocenters. The molecule has 0 aliphatic rings. The molecule has 0 aromatic rings. The van der Waals surface area contributed by atoms with Gasteiger partial charge in [0, 0.05) is 5.92 Å². The molecular formula is C7H13O2. The summed E-state index contributed by atoms with van der Waals surface area (Å²) >= 11 is 0. The first-order valence-electron chi connectivity index (χ1n) is 2.96. The molecule has 0 heterocycles. The summed E-state index contributed by atoms with van der Waals surface area (Å²) in [6.45, 7) is 8.79. The highest BCUT2D eigenvalue weighted by atomic mass is 16.6. The monoisotopic (exact) mass is 129 g/mol. The highest BCUT2D eigenvalue weighted by Gasteiger charge is 2.10. The molecule has 1 radical (unpaired) electrons. The zero-order valence-electron chi connectivity index (χ0n) is 5.71. The Morgan fingerprint density at radius 2 is 2.33 bits per heavy atom. The Morgan fingerprint density at radius 3 is 2.67 bits per heavy atom. The SMILES string of the molecule is [CH2]CC(C)C(O)OC=C. The number of hydrogen-bond donors (Lipinski definition) is 1. The standard InChI is InChI=1S/C7H13O2/c1-4-6(3)7(8)9-5-2/h5-8H,1-2,4H2,3H3. The van der Waals surface area contributed by atoms with E-state index in [1.165, 1.54) is 6.26 Å². The van der Waals surface area contributed by atoms with E-state index in [4.69, 9.17) is 5.11 Å². The summed E-state index contributed by atoms with van der Waals surface area (Å²) in [5, 5.41) is 8.98. The Balaban J connectivity index is 3.44. The van der Waals surface area contributed by atoms with Crippen LogP contribution in [0.2, 0.25) is 0 Å². The lowest BCUT2D eigenvalue weighted by molar-refractivity contribution is -0.0863. The normalized spacial score (nSPS) is 16.3. The minimum atomic E-state index is -0.750. The Bertz CT molecular complexity index is 81.0. The molecule has 0 aliphatic carbocycles. The molecule has 0 aliphatic heterocycles. The van der Waals surface area contributed by atoms with Crippen LogP contribution in [0, 0.1) is 12.8 Å². The van der Waals surface area contributed by atoms with Crippen LogP contribution in [0.1, 0.15) is 13.3 Å². The summed E-state index contributed by atoms with van der Waals surface area (Å²) in [7, 11) is 0. The van der Waals surface area contributed by atoms with Gasteiger partial charge >= 0.3 is 0 Å². The number of rotatable bonds is 4. The van der Waals surface area contributed by atoms with E-state index >= 15 is 0 Å². The van der Waals surface area contributed by atoms with E-state index in [9.17, 15) is 0 Å². The zero-order valence-corrected chi connectivity index (χ0v) is 5.71. The minimum absolute atomic E-state index is 0.0722. The largest absolute Gasteiger partial charge is 0.473 e. The summed E-state index contributed by atoms with van der Waals surface area (Å²) in [6, 6.07) is 0. The van der Waals surface area contributed by atoms with Gasteiger partial charge in [-0.1, -0.05) is 20.4 Å². The fourth-order valence-corrected chi connectivity index (χ4v) is 0.375. The molecule has 1 N–H and O–H groups in total. The van der Waals surface area contributed by atoms with Crippen LogP contribution in [0.4, 0.5) is 0 Å². The van der Waals surface area contributed by atoms with Gasteiger partial charge in [0.1, 0.15) is 0 Å². The van der Waals surface area contributed by atoms with Gasteiger partial charge in [-0.05, 0) is 6.42 Å². The molecule has 0 aromatic heterocycles. The Hall–Kier alpha value is -0.500. The average molecular weight is 129 g/mol. The molecule has 2 nitrogen and oxygen atoms in total. The Labute approximate surface area is 56.1 Å². The lowest BCUT2D eigenvalue weighted by Crippen LogP contribution is -2.17. The van der Waals surface area contributed by atoms with Crippen LogP contribution < -0.4 is 0 Å². The topological polar surface area (TPSA) is 29.5 Å². The number of ether oxygens (including phenoxy) is 1. The van der Waals surface area contributed by atoms with Gasteiger partial charge in [0.25, 0.3) is 0 Å². The van der Waals surface area contributed by atoms with E-state index in [1.807, 2.05) is 6.92 Å². The third-order valence-electron chi connectivity index (χ3n) is 1.18. The lowest BCUT2D eigenvalue weighted by Gasteiger charge is -2.15. The first-order valence-corrected chi connectivity index (χ1v) is 2.96. The number of aliphatic hydroxyl groups excluding tert-OH is 1. The molecule has 0 fully saturated rings. The van der Waals surface area contributed by atoms with Gasteiger partial charge < -0.3 is 9.84 Å². The lowest BCUT2D eigenvalue weighted by atomic mass is 10.1. The average Bonchev–Trinajstić information content (AvgIpc) is 1.87. The molecule has 0 spiro atoms. The van der Waals surface area contributed by atoms with Crippen LogP contribution in [0.25, 0.3) is 0 Å². The van der Waals surface area contributed by atoms with Crippen molar-refractivity contribution in [2.24, 2.45) is 5.92 Å². The van der Waals surface area contributed by atoms with Crippen LogP contribution in [0.5, 0.6) is 0 Å². The maximum Gasteiger partial charge on any atom is 0.198 e. The third kappa shape index (κ3) is 3.14. The second-order valence-electron chi connectivity index (χ2n) is 1.96. The fraction of sp³-hybridized carbons (Fsp3) is 0.571. The van der Waals surface area contributed by atoms with Gasteiger partial charge in [-0.25, -0.2) is 0 Å². The predicted octanol–water partition coefficient (Wildman–Crippen LogP) is 1.33. The molecule has 2 atom stereocenters. The molecule has 0 saturated heterocycles. The second-order valence-corrected chi connectivity index (χ2v) is 1.96. The molecule has 9 heavy (non-hydrogen) atoms. The molecular weight excluding hydrogens is 116 g/mol. The molecule has 53 valence electrons. The molecule has 0 bridgehead atoms. The van der Waals surface area contributed by atoms with E-state index in [-0.39, 0.29) is 5.92 Å². The summed E-state index contributed by atoms with van der Waals surface area (Å²) < 4.78 is 4.67. The smallest absolute Gasteiger partial charge is 0.198 e. The summed E-state index contributed by atoms with van der Waals surface area (Å²) in [5.74, 6) is 0.0722. The van der Waals surface area contributed by atoms with Crippen LogP contribution in [-0.4, -0.2) is 11.4 Å². The van der Waals surface area contributed by atoms with Gasteiger partial charge in [-0.15, -0.1) is 0 Å². The van der Waals surface area contributed by atoms with Crippen molar-refractivity contribution < 1.29 is 9.84 Å². The predicted molar refractivity (Wildman–Crippen MR) is 36.4 cm³/mol. The van der Waals surface area contributed by atoms with E-state index < -0.39 is 6.29 Å². The molecule has 0 amide bonds. The molecule has 2 heteroatoms. The van der Waals surface area contributed by atoms with Gasteiger partial charge in [-0.3, -0.25) is 0 Å². The summed E-state index contributed by atoms with van der Waals surface area (Å²) in [4.78, 5) is 0. The first-order chi connectivity index (χ1) is 4.22. The van der Waals surface area contributed by atoms with Crippen molar-refractivity contribution in [2.75, 3.05) is 0 Å². The van der Waals surface area contributed by atoms with Crippen molar-refractivity contribution in [3.05, 3.63) is 19.8 Å². The molecule has 0 aromatic carbocycles. The highest BCUT2D eigenvalue weighted by Crippen LogP contribution is 2.07. The van der Waals surface area contributed by atoms with Crippen molar-refractivity contribution in [2.45, 2.75) is 19.6 Å². The van der Waals surface area contributed by atoms with Gasteiger partial charge in [0.15, 0.2) is 6.29 Å². The maximum atomic E-state index is 8.98. The summed E-state index contributed by atoms with van der Waals surface area (Å²) in [5.41, 5.74) is 0. The minimum Gasteiger partial charge on any atom is -0.473 e. The van der Waals surface area contributed by atoms with E-state index in [1.54, 1.807) is 0 Å². The van der Waals surface area contributed by atoms with Crippen molar-refractivity contribution in [3.8, 4) is 0 Å². The van der Waals surface area contributed by atoms with Crippen molar-refractivity contribution in [1.29, 1.82) is 0 Å². The van der Waals surface area contributed by atoms with Crippen LogP contribution in [0.3, 0.4) is 0 Å². The zero-order chi connectivity index (χ0) is 7.28. The van der Waals surface area contributed by atoms with E-state index in [0.29, 0.717) is 6.42 Å². The summed E-state index contributed by atoms with van der Waals surface area (Å²) in [6.07, 6.45) is 1.14.